The first kappa shape index (κ1) is 13.8. The molecule has 18 heavy (non-hydrogen) atoms. The molecular weight excluding hydrogens is 354 g/mol. The molecule has 1 aromatic heterocycles. The zero-order valence-electron chi connectivity index (χ0n) is 10.5. The normalized spacial score (nSPS) is 12.4. The van der Waals surface area contributed by atoms with Crippen LogP contribution in [0.1, 0.15) is 27.2 Å². The van der Waals surface area contributed by atoms with E-state index in [0.29, 0.717) is 4.83 Å². The van der Waals surface area contributed by atoms with E-state index < -0.39 is 0 Å². The van der Waals surface area contributed by atoms with Crippen molar-refractivity contribution in [2.45, 2.75) is 25.1 Å². The van der Waals surface area contributed by atoms with Crippen LogP contribution in [0.5, 0.6) is 0 Å². The van der Waals surface area contributed by atoms with Gasteiger partial charge < -0.3 is 0 Å². The lowest BCUT2D eigenvalue weighted by molar-refractivity contribution is 0.884. The Morgan fingerprint density at radius 3 is 2.67 bits per heavy atom. The van der Waals surface area contributed by atoms with Crippen molar-refractivity contribution in [2.24, 2.45) is 0 Å². The van der Waals surface area contributed by atoms with Crippen LogP contribution in [-0.2, 0) is 6.42 Å². The summed E-state index contributed by atoms with van der Waals surface area (Å²) in [4.78, 5) is 4.75. The fourth-order valence-electron chi connectivity index (χ4n) is 1.98. The van der Waals surface area contributed by atoms with Crippen LogP contribution >= 0.6 is 31.9 Å². The summed E-state index contributed by atoms with van der Waals surface area (Å²) in [7, 11) is 0. The number of pyridine rings is 1. The molecule has 1 atom stereocenters. The van der Waals surface area contributed by atoms with E-state index in [-0.39, 0.29) is 0 Å². The van der Waals surface area contributed by atoms with Crippen molar-refractivity contribution < 1.29 is 0 Å². The molecule has 0 aliphatic heterocycles. The molecule has 0 amide bonds. The third-order valence-electron chi connectivity index (χ3n) is 3.14. The Bertz CT molecular complexity index is 552. The fraction of sp³-hybridized carbons (Fsp3) is 0.267. The molecule has 0 aliphatic rings. The first-order chi connectivity index (χ1) is 8.59. The third-order valence-corrected chi connectivity index (χ3v) is 4.81. The first-order valence-corrected chi connectivity index (χ1v) is 7.60. The van der Waals surface area contributed by atoms with Gasteiger partial charge in [-0.15, -0.1) is 0 Å². The van der Waals surface area contributed by atoms with Crippen molar-refractivity contribution in [1.82, 2.24) is 4.98 Å². The predicted molar refractivity (Wildman–Crippen MR) is 83.2 cm³/mol. The lowest BCUT2D eigenvalue weighted by atomic mass is 10.0. The molecule has 0 saturated carbocycles. The standard InChI is InChI=1S/C15H15Br2N/c1-10-5-4-8-18-15(10)9-14(17)12-6-3-7-13(16)11(12)2/h3-8,14H,9H2,1-2H3. The number of alkyl halides is 1. The van der Waals surface area contributed by atoms with Gasteiger partial charge in [0.2, 0.25) is 0 Å². The van der Waals surface area contributed by atoms with Crippen LogP contribution in [0, 0.1) is 13.8 Å². The van der Waals surface area contributed by atoms with E-state index in [9.17, 15) is 0 Å². The van der Waals surface area contributed by atoms with Gasteiger partial charge in [-0.25, -0.2) is 0 Å². The van der Waals surface area contributed by atoms with E-state index in [4.69, 9.17) is 0 Å². The highest BCUT2D eigenvalue weighted by molar-refractivity contribution is 9.10. The number of rotatable bonds is 3. The van der Waals surface area contributed by atoms with E-state index in [0.717, 1.165) is 16.6 Å². The van der Waals surface area contributed by atoms with Gasteiger partial charge in [0.25, 0.3) is 0 Å². The molecule has 1 nitrogen and oxygen atoms in total. The van der Waals surface area contributed by atoms with Gasteiger partial charge >= 0.3 is 0 Å². The molecule has 0 radical (unpaired) electrons. The van der Waals surface area contributed by atoms with Crippen LogP contribution in [0.2, 0.25) is 0 Å². The fourth-order valence-corrected chi connectivity index (χ4v) is 3.16. The second-order valence-corrected chi connectivity index (χ2v) is 6.35. The average Bonchev–Trinajstić information content (AvgIpc) is 2.35. The van der Waals surface area contributed by atoms with Gasteiger partial charge in [-0.3, -0.25) is 4.98 Å². The maximum absolute atomic E-state index is 4.45. The Hall–Kier alpha value is -0.670. The summed E-state index contributed by atoms with van der Waals surface area (Å²) >= 11 is 7.36. The van der Waals surface area contributed by atoms with Gasteiger partial charge in [-0.05, 0) is 42.7 Å². The molecule has 0 N–H and O–H groups in total. The molecule has 2 rings (SSSR count). The molecule has 0 spiro atoms. The van der Waals surface area contributed by atoms with Crippen molar-refractivity contribution in [2.75, 3.05) is 0 Å². The summed E-state index contributed by atoms with van der Waals surface area (Å²) in [6, 6.07) is 10.4. The van der Waals surface area contributed by atoms with Crippen LogP contribution in [0.4, 0.5) is 0 Å². The first-order valence-electron chi connectivity index (χ1n) is 5.89. The minimum Gasteiger partial charge on any atom is -0.261 e. The van der Waals surface area contributed by atoms with Gasteiger partial charge in [0.05, 0.1) is 0 Å². The van der Waals surface area contributed by atoms with Crippen molar-refractivity contribution in [3.05, 3.63) is 63.4 Å². The number of halogens is 2. The quantitative estimate of drug-likeness (QED) is 0.683. The van der Waals surface area contributed by atoms with Crippen molar-refractivity contribution in [1.29, 1.82) is 0 Å². The summed E-state index contributed by atoms with van der Waals surface area (Å²) in [6.45, 7) is 4.24. The van der Waals surface area contributed by atoms with Gasteiger partial charge in [0.1, 0.15) is 0 Å². The highest BCUT2D eigenvalue weighted by Crippen LogP contribution is 2.32. The molecule has 3 heteroatoms. The average molecular weight is 369 g/mol. The summed E-state index contributed by atoms with van der Waals surface area (Å²) < 4.78 is 1.15. The number of hydrogen-bond donors (Lipinski definition) is 0. The largest absolute Gasteiger partial charge is 0.261 e. The van der Waals surface area contributed by atoms with E-state index in [2.05, 4.69) is 75.0 Å². The number of benzene rings is 1. The molecule has 0 fully saturated rings. The number of aromatic nitrogens is 1. The molecule has 1 unspecified atom stereocenters. The number of hydrogen-bond acceptors (Lipinski definition) is 1. The van der Waals surface area contributed by atoms with Gasteiger partial charge in [0, 0.05) is 27.6 Å². The Balaban J connectivity index is 2.25. The molecule has 2 aromatic rings. The van der Waals surface area contributed by atoms with E-state index >= 15 is 0 Å². The van der Waals surface area contributed by atoms with Gasteiger partial charge in [-0.1, -0.05) is 50.1 Å². The Labute approximate surface area is 125 Å². The number of aryl methyl sites for hydroxylation is 1. The summed E-state index contributed by atoms with van der Waals surface area (Å²) in [5.41, 5.74) is 5.00. The summed E-state index contributed by atoms with van der Waals surface area (Å²) in [5.74, 6) is 0. The van der Waals surface area contributed by atoms with E-state index in [1.165, 1.54) is 16.7 Å². The molecule has 0 aliphatic carbocycles. The monoisotopic (exact) mass is 367 g/mol. The molecular formula is C15H15Br2N. The van der Waals surface area contributed by atoms with Crippen molar-refractivity contribution in [3.8, 4) is 0 Å². The minimum atomic E-state index is 0.295. The Morgan fingerprint density at radius 1 is 1.17 bits per heavy atom. The van der Waals surface area contributed by atoms with E-state index in [1.54, 1.807) is 0 Å². The van der Waals surface area contributed by atoms with Gasteiger partial charge in [0.15, 0.2) is 0 Å². The highest BCUT2D eigenvalue weighted by atomic mass is 79.9. The molecule has 1 heterocycles. The molecule has 1 aromatic carbocycles. The molecule has 0 bridgehead atoms. The maximum atomic E-state index is 4.45. The summed E-state index contributed by atoms with van der Waals surface area (Å²) in [6.07, 6.45) is 2.76. The Kier molecular flexibility index (Phi) is 4.57. The smallest absolute Gasteiger partial charge is 0.0453 e. The Morgan fingerprint density at radius 2 is 1.94 bits per heavy atom. The third kappa shape index (κ3) is 3.01. The van der Waals surface area contributed by atoms with Crippen LogP contribution in [-0.4, -0.2) is 4.98 Å². The summed E-state index contributed by atoms with van der Waals surface area (Å²) in [5, 5.41) is 0. The minimum absolute atomic E-state index is 0.295. The van der Waals surface area contributed by atoms with E-state index in [1.807, 2.05) is 12.3 Å². The SMILES string of the molecule is Cc1cccnc1CC(Br)c1cccc(Br)c1C. The van der Waals surface area contributed by atoms with Crippen LogP contribution < -0.4 is 0 Å². The van der Waals surface area contributed by atoms with Crippen molar-refractivity contribution in [3.63, 3.8) is 0 Å². The topological polar surface area (TPSA) is 12.9 Å². The lowest BCUT2D eigenvalue weighted by Gasteiger charge is -2.15. The maximum Gasteiger partial charge on any atom is 0.0453 e. The molecule has 94 valence electrons. The highest BCUT2D eigenvalue weighted by Gasteiger charge is 2.14. The van der Waals surface area contributed by atoms with Crippen LogP contribution in [0.15, 0.2) is 41.0 Å². The van der Waals surface area contributed by atoms with Crippen LogP contribution in [0.3, 0.4) is 0 Å². The van der Waals surface area contributed by atoms with Crippen LogP contribution in [0.25, 0.3) is 0 Å². The zero-order chi connectivity index (χ0) is 13.1. The molecule has 0 saturated heterocycles. The lowest BCUT2D eigenvalue weighted by Crippen LogP contribution is -2.02. The van der Waals surface area contributed by atoms with Crippen molar-refractivity contribution >= 4 is 31.9 Å². The zero-order valence-corrected chi connectivity index (χ0v) is 13.6. The van der Waals surface area contributed by atoms with Gasteiger partial charge in [-0.2, -0.15) is 0 Å². The second-order valence-electron chi connectivity index (χ2n) is 4.39. The predicted octanol–water partition coefficient (Wildman–Crippen LogP) is 5.14. The second kappa shape index (κ2) is 5.98. The number of nitrogens with zero attached hydrogens (tertiary/aromatic N) is 1.